The van der Waals surface area contributed by atoms with Crippen molar-refractivity contribution < 1.29 is 17.6 Å². The highest BCUT2D eigenvalue weighted by Gasteiger charge is 2.76. The average molecular weight is 111 g/mol. The van der Waals surface area contributed by atoms with Gasteiger partial charge < -0.3 is 0 Å². The van der Waals surface area contributed by atoms with Gasteiger partial charge in [-0.3, -0.25) is 0 Å². The molecule has 0 amide bonds. The highest BCUT2D eigenvalue weighted by atomic mass is 19.3. The van der Waals surface area contributed by atoms with Gasteiger partial charge in [-0.05, 0) is 0 Å². The monoisotopic (exact) mass is 111 g/mol. The Balaban J connectivity index is 2.59. The molecule has 7 heavy (non-hydrogen) atoms. The summed E-state index contributed by atoms with van der Waals surface area (Å²) in [6.45, 7) is 0. The fourth-order valence-corrected chi connectivity index (χ4v) is 0.192. The SMILES string of the molecule is FC1(F)[B]C1(F)F. The maximum atomic E-state index is 11.1. The molecule has 5 heteroatoms. The predicted octanol–water partition coefficient (Wildman–Crippen LogP) is 0.890. The molecule has 0 bridgehead atoms. The third-order valence-corrected chi connectivity index (χ3v) is 0.724. The van der Waals surface area contributed by atoms with Crippen LogP contribution < -0.4 is 0 Å². The lowest BCUT2D eigenvalue weighted by Crippen LogP contribution is -2.02. The van der Waals surface area contributed by atoms with Gasteiger partial charge in [0, 0.05) is 0 Å². The predicted molar refractivity (Wildman–Crippen MR) is 15.6 cm³/mol. The largest absolute Gasteiger partial charge is 0.313 e. The van der Waals surface area contributed by atoms with E-state index >= 15 is 0 Å². The van der Waals surface area contributed by atoms with Crippen molar-refractivity contribution in [2.24, 2.45) is 0 Å². The number of alkyl halides is 4. The summed E-state index contributed by atoms with van der Waals surface area (Å²) >= 11 is 0. The Bertz CT molecular complexity index is 85.9. The first-order chi connectivity index (χ1) is 2.96. The van der Waals surface area contributed by atoms with E-state index < -0.39 is 11.6 Å². The molecule has 1 fully saturated rings. The molecule has 0 aromatic rings. The highest BCUT2D eigenvalue weighted by Crippen LogP contribution is 2.47. The first-order valence-corrected chi connectivity index (χ1v) is 1.58. The van der Waals surface area contributed by atoms with E-state index in [-0.39, 0.29) is 7.28 Å². The zero-order valence-electron chi connectivity index (χ0n) is 3.09. The minimum absolute atomic E-state index is 0.292. The van der Waals surface area contributed by atoms with Gasteiger partial charge in [-0.2, -0.15) is 0 Å². The van der Waals surface area contributed by atoms with E-state index in [9.17, 15) is 17.6 Å². The normalized spacial score (nSPS) is 31.4. The van der Waals surface area contributed by atoms with Crippen molar-refractivity contribution in [3.63, 3.8) is 0 Å². The third kappa shape index (κ3) is 0.507. The zero-order chi connectivity index (χ0) is 5.71. The summed E-state index contributed by atoms with van der Waals surface area (Å²) in [5, 5.41) is 0. The summed E-state index contributed by atoms with van der Waals surface area (Å²) in [7, 11) is -0.292. The maximum absolute atomic E-state index is 11.1. The van der Waals surface area contributed by atoms with Crippen LogP contribution in [0, 0.1) is 0 Å². The molecular formula is C2BF4. The fraction of sp³-hybridized carbons (Fsp3) is 1.00. The van der Waals surface area contributed by atoms with Crippen LogP contribution in [0.25, 0.3) is 0 Å². The minimum atomic E-state index is -3.81. The molecule has 1 heterocycles. The summed E-state index contributed by atoms with van der Waals surface area (Å²) in [6, 6.07) is 0. The fourth-order valence-electron chi connectivity index (χ4n) is 0.192. The van der Waals surface area contributed by atoms with Crippen LogP contribution in [0.4, 0.5) is 17.6 Å². The Morgan fingerprint density at radius 3 is 1.00 bits per heavy atom. The molecule has 0 unspecified atom stereocenters. The molecule has 1 radical (unpaired) electrons. The average Bonchev–Trinajstić information content (AvgIpc) is 1.63. The van der Waals surface area contributed by atoms with Crippen LogP contribution >= 0.6 is 0 Å². The molecule has 0 aliphatic carbocycles. The van der Waals surface area contributed by atoms with Gasteiger partial charge in [-0.15, -0.1) is 0 Å². The molecule has 0 N–H and O–H groups in total. The standard InChI is InChI=1S/C2BF4/c4-1(5)2(6,7)3-1. The summed E-state index contributed by atoms with van der Waals surface area (Å²) in [6.07, 6.45) is 0. The summed E-state index contributed by atoms with van der Waals surface area (Å²) < 4.78 is 44.4. The van der Waals surface area contributed by atoms with Gasteiger partial charge in [0.2, 0.25) is 0 Å². The maximum Gasteiger partial charge on any atom is 0.313 e. The quantitative estimate of drug-likeness (QED) is 0.321. The first-order valence-electron chi connectivity index (χ1n) is 1.58. The lowest BCUT2D eigenvalue weighted by Gasteiger charge is -1.91. The van der Waals surface area contributed by atoms with Crippen molar-refractivity contribution in [2.45, 2.75) is 11.6 Å². The van der Waals surface area contributed by atoms with Crippen LogP contribution in [0.15, 0.2) is 0 Å². The Morgan fingerprint density at radius 1 is 0.857 bits per heavy atom. The molecule has 0 aromatic carbocycles. The van der Waals surface area contributed by atoms with Gasteiger partial charge in [0.05, 0.1) is 0 Å². The topological polar surface area (TPSA) is 0 Å². The molecule has 1 rings (SSSR count). The molecular weight excluding hydrogens is 111 g/mol. The summed E-state index contributed by atoms with van der Waals surface area (Å²) in [5.74, 6) is -7.62. The van der Waals surface area contributed by atoms with Crippen LogP contribution in [0.5, 0.6) is 0 Å². The van der Waals surface area contributed by atoms with Gasteiger partial charge in [-0.1, -0.05) is 0 Å². The molecule has 1 saturated heterocycles. The van der Waals surface area contributed by atoms with Crippen molar-refractivity contribution in [1.29, 1.82) is 0 Å². The van der Waals surface area contributed by atoms with Crippen LogP contribution in [0.3, 0.4) is 0 Å². The van der Waals surface area contributed by atoms with Gasteiger partial charge in [0.1, 0.15) is 0 Å². The molecule has 1 aliphatic rings. The van der Waals surface area contributed by atoms with E-state index in [1.165, 1.54) is 0 Å². The second-order valence-corrected chi connectivity index (χ2v) is 1.39. The van der Waals surface area contributed by atoms with Crippen molar-refractivity contribution in [3.05, 3.63) is 0 Å². The summed E-state index contributed by atoms with van der Waals surface area (Å²) in [4.78, 5) is 0. The third-order valence-electron chi connectivity index (χ3n) is 0.724. The minimum Gasteiger partial charge on any atom is -0.212 e. The molecule has 1 aliphatic heterocycles. The van der Waals surface area contributed by atoms with Gasteiger partial charge in [0.25, 0.3) is 11.6 Å². The Morgan fingerprint density at radius 2 is 1.00 bits per heavy atom. The number of halogens is 4. The molecule has 0 nitrogen and oxygen atoms in total. The van der Waals surface area contributed by atoms with Crippen LogP contribution in [0.2, 0.25) is 0 Å². The van der Waals surface area contributed by atoms with Gasteiger partial charge >= 0.3 is 7.28 Å². The van der Waals surface area contributed by atoms with E-state index in [4.69, 9.17) is 0 Å². The van der Waals surface area contributed by atoms with Gasteiger partial charge in [0.15, 0.2) is 0 Å². The molecule has 0 spiro atoms. The summed E-state index contributed by atoms with van der Waals surface area (Å²) in [5.41, 5.74) is 0. The zero-order valence-corrected chi connectivity index (χ0v) is 3.09. The van der Waals surface area contributed by atoms with Gasteiger partial charge in [-0.25, -0.2) is 17.6 Å². The number of hydrogen-bond acceptors (Lipinski definition) is 0. The Kier molecular flexibility index (Phi) is 0.571. The van der Waals surface area contributed by atoms with Crippen LogP contribution in [-0.2, 0) is 0 Å². The number of rotatable bonds is 0. The second-order valence-electron chi connectivity index (χ2n) is 1.39. The van der Waals surface area contributed by atoms with Crippen LogP contribution in [0.1, 0.15) is 0 Å². The van der Waals surface area contributed by atoms with E-state index in [1.807, 2.05) is 0 Å². The van der Waals surface area contributed by atoms with E-state index in [2.05, 4.69) is 0 Å². The smallest absolute Gasteiger partial charge is 0.212 e. The molecule has 0 atom stereocenters. The van der Waals surface area contributed by atoms with Crippen molar-refractivity contribution in [2.75, 3.05) is 0 Å². The second kappa shape index (κ2) is 0.810. The Labute approximate surface area is 37.7 Å². The van der Waals surface area contributed by atoms with E-state index in [0.29, 0.717) is 0 Å². The van der Waals surface area contributed by atoms with Crippen LogP contribution in [-0.4, -0.2) is 18.9 Å². The number of hydrogen-bond donors (Lipinski definition) is 0. The van der Waals surface area contributed by atoms with E-state index in [0.717, 1.165) is 0 Å². The highest BCUT2D eigenvalue weighted by molar-refractivity contribution is 6.57. The lowest BCUT2D eigenvalue weighted by molar-refractivity contribution is -0.0278. The first kappa shape index (κ1) is 4.93. The van der Waals surface area contributed by atoms with Crippen molar-refractivity contribution in [1.82, 2.24) is 0 Å². The molecule has 39 valence electrons. The van der Waals surface area contributed by atoms with Crippen molar-refractivity contribution in [3.8, 4) is 0 Å². The molecule has 0 aromatic heterocycles. The molecule has 0 saturated carbocycles. The lowest BCUT2D eigenvalue weighted by atomic mass is 10.1. The van der Waals surface area contributed by atoms with E-state index in [1.54, 1.807) is 0 Å². The van der Waals surface area contributed by atoms with Crippen molar-refractivity contribution >= 4 is 7.28 Å². The Hall–Kier alpha value is -0.215.